The first kappa shape index (κ1) is 16.4. The second-order valence-electron chi connectivity index (χ2n) is 5.82. The summed E-state index contributed by atoms with van der Waals surface area (Å²) in [7, 11) is 2.19. The molecule has 1 unspecified atom stereocenters. The molecular weight excluding hydrogens is 238 g/mol. The molecule has 0 aromatic heterocycles. The van der Waals surface area contributed by atoms with Crippen LogP contribution in [0.3, 0.4) is 0 Å². The molecule has 0 aromatic carbocycles. The van der Waals surface area contributed by atoms with E-state index in [1.54, 1.807) is 0 Å². The minimum Gasteiger partial charge on any atom is -0.368 e. The maximum absolute atomic E-state index is 11.4. The van der Waals surface area contributed by atoms with Crippen molar-refractivity contribution in [3.05, 3.63) is 0 Å². The molecule has 1 rings (SSSR count). The lowest BCUT2D eigenvalue weighted by Crippen LogP contribution is -2.44. The minimum absolute atomic E-state index is 0.173. The molecule has 4 nitrogen and oxygen atoms in total. The van der Waals surface area contributed by atoms with Crippen molar-refractivity contribution in [1.82, 2.24) is 10.2 Å². The molecule has 0 spiro atoms. The molecule has 1 fully saturated rings. The molecule has 0 radical (unpaired) electrons. The largest absolute Gasteiger partial charge is 0.368 e. The summed E-state index contributed by atoms with van der Waals surface area (Å²) in [4.78, 5) is 13.8. The molecule has 1 atom stereocenters. The van der Waals surface area contributed by atoms with Crippen molar-refractivity contribution in [2.24, 2.45) is 5.73 Å². The van der Waals surface area contributed by atoms with Crippen LogP contribution < -0.4 is 11.1 Å². The number of rotatable bonds is 8. The van der Waals surface area contributed by atoms with Gasteiger partial charge in [-0.1, -0.05) is 32.6 Å². The zero-order valence-electron chi connectivity index (χ0n) is 12.7. The molecule has 0 bridgehead atoms. The molecule has 0 saturated heterocycles. The molecule has 0 aliphatic heterocycles. The van der Waals surface area contributed by atoms with E-state index in [1.165, 1.54) is 38.5 Å². The maximum atomic E-state index is 11.4. The predicted molar refractivity (Wildman–Crippen MR) is 80.0 cm³/mol. The third-order valence-corrected chi connectivity index (χ3v) is 4.20. The van der Waals surface area contributed by atoms with E-state index in [1.807, 2.05) is 0 Å². The third kappa shape index (κ3) is 6.39. The predicted octanol–water partition coefficient (Wildman–Crippen LogP) is 1.88. The lowest BCUT2D eigenvalue weighted by Gasteiger charge is -2.28. The van der Waals surface area contributed by atoms with Crippen LogP contribution >= 0.6 is 0 Å². The summed E-state index contributed by atoms with van der Waals surface area (Å²) in [6.07, 6.45) is 9.92. The highest BCUT2D eigenvalue weighted by molar-refractivity contribution is 5.79. The summed E-state index contributed by atoms with van der Waals surface area (Å²) >= 11 is 0. The molecule has 3 N–H and O–H groups in total. The quantitative estimate of drug-likeness (QED) is 0.662. The van der Waals surface area contributed by atoms with E-state index in [-0.39, 0.29) is 11.9 Å². The average molecular weight is 269 g/mol. The van der Waals surface area contributed by atoms with Crippen LogP contribution in [0.15, 0.2) is 0 Å². The van der Waals surface area contributed by atoms with Gasteiger partial charge in [0.05, 0.1) is 6.04 Å². The van der Waals surface area contributed by atoms with E-state index < -0.39 is 0 Å². The van der Waals surface area contributed by atoms with Gasteiger partial charge in [0.25, 0.3) is 0 Å². The number of nitrogens with one attached hydrogen (secondary N) is 1. The van der Waals surface area contributed by atoms with Crippen LogP contribution in [0.1, 0.15) is 58.3 Å². The number of nitrogens with zero attached hydrogens (tertiary/aromatic N) is 1. The Morgan fingerprint density at radius 2 is 1.95 bits per heavy atom. The molecule has 1 aliphatic rings. The zero-order chi connectivity index (χ0) is 14.1. The maximum Gasteiger partial charge on any atom is 0.234 e. The molecule has 1 saturated carbocycles. The Balaban J connectivity index is 2.32. The number of primary amides is 1. The number of hydrogen-bond acceptors (Lipinski definition) is 3. The summed E-state index contributed by atoms with van der Waals surface area (Å²) in [6.45, 7) is 3.92. The van der Waals surface area contributed by atoms with Gasteiger partial charge >= 0.3 is 0 Å². The molecule has 1 aliphatic carbocycles. The van der Waals surface area contributed by atoms with Gasteiger partial charge in [-0.05, 0) is 39.3 Å². The highest BCUT2D eigenvalue weighted by atomic mass is 16.1. The van der Waals surface area contributed by atoms with E-state index in [0.717, 1.165) is 25.9 Å². The van der Waals surface area contributed by atoms with E-state index in [4.69, 9.17) is 5.73 Å². The van der Waals surface area contributed by atoms with Gasteiger partial charge in [0, 0.05) is 12.6 Å². The molecule has 4 heteroatoms. The molecule has 0 heterocycles. The van der Waals surface area contributed by atoms with Gasteiger partial charge < -0.3 is 16.0 Å². The topological polar surface area (TPSA) is 58.4 Å². The SMILES string of the molecule is CCCNC(CCN(C)C1CCCCCC1)C(N)=O. The third-order valence-electron chi connectivity index (χ3n) is 4.20. The van der Waals surface area contributed by atoms with Crippen molar-refractivity contribution < 1.29 is 4.79 Å². The first-order chi connectivity index (χ1) is 9.15. The van der Waals surface area contributed by atoms with Gasteiger partial charge in [-0.3, -0.25) is 4.79 Å². The van der Waals surface area contributed by atoms with Crippen LogP contribution in [-0.2, 0) is 4.79 Å². The number of carbonyl (C=O) groups is 1. The number of nitrogens with two attached hydrogens (primary N) is 1. The number of hydrogen-bond donors (Lipinski definition) is 2. The van der Waals surface area contributed by atoms with Gasteiger partial charge in [-0.2, -0.15) is 0 Å². The highest BCUT2D eigenvalue weighted by Gasteiger charge is 2.19. The van der Waals surface area contributed by atoms with Crippen molar-refractivity contribution >= 4 is 5.91 Å². The van der Waals surface area contributed by atoms with Crippen LogP contribution in [-0.4, -0.2) is 43.0 Å². The number of amides is 1. The van der Waals surface area contributed by atoms with E-state index in [0.29, 0.717) is 6.04 Å². The molecule has 0 aromatic rings. The Morgan fingerprint density at radius 1 is 1.32 bits per heavy atom. The van der Waals surface area contributed by atoms with Crippen LogP contribution in [0, 0.1) is 0 Å². The van der Waals surface area contributed by atoms with Crippen molar-refractivity contribution in [3.63, 3.8) is 0 Å². The number of carbonyl (C=O) groups excluding carboxylic acids is 1. The van der Waals surface area contributed by atoms with Crippen LogP contribution in [0.2, 0.25) is 0 Å². The second-order valence-corrected chi connectivity index (χ2v) is 5.82. The van der Waals surface area contributed by atoms with Crippen molar-refractivity contribution in [1.29, 1.82) is 0 Å². The Kier molecular flexibility index (Phi) is 8.07. The van der Waals surface area contributed by atoms with Gasteiger partial charge in [0.1, 0.15) is 0 Å². The lowest BCUT2D eigenvalue weighted by atomic mass is 10.1. The van der Waals surface area contributed by atoms with Gasteiger partial charge in [-0.15, -0.1) is 0 Å². The fourth-order valence-electron chi connectivity index (χ4n) is 2.88. The van der Waals surface area contributed by atoms with Crippen molar-refractivity contribution in [2.75, 3.05) is 20.1 Å². The fourth-order valence-corrected chi connectivity index (χ4v) is 2.88. The van der Waals surface area contributed by atoms with Crippen LogP contribution in [0.5, 0.6) is 0 Å². The second kappa shape index (κ2) is 9.32. The molecule has 19 heavy (non-hydrogen) atoms. The first-order valence-electron chi connectivity index (χ1n) is 7.88. The molecule has 112 valence electrons. The fraction of sp³-hybridized carbons (Fsp3) is 0.933. The average Bonchev–Trinajstić information content (AvgIpc) is 2.67. The monoisotopic (exact) mass is 269 g/mol. The van der Waals surface area contributed by atoms with Gasteiger partial charge in [0.2, 0.25) is 5.91 Å². The first-order valence-corrected chi connectivity index (χ1v) is 7.88. The Morgan fingerprint density at radius 3 is 2.47 bits per heavy atom. The van der Waals surface area contributed by atoms with Gasteiger partial charge in [0.15, 0.2) is 0 Å². The summed E-state index contributed by atoms with van der Waals surface area (Å²) in [6, 6.07) is 0.523. The van der Waals surface area contributed by atoms with Crippen LogP contribution in [0.25, 0.3) is 0 Å². The van der Waals surface area contributed by atoms with E-state index in [9.17, 15) is 4.79 Å². The zero-order valence-corrected chi connectivity index (χ0v) is 12.7. The normalized spacial score (nSPS) is 19.3. The van der Waals surface area contributed by atoms with Crippen molar-refractivity contribution in [2.45, 2.75) is 70.4 Å². The Bertz CT molecular complexity index is 250. The summed E-state index contributed by atoms with van der Waals surface area (Å²) in [5, 5.41) is 3.24. The van der Waals surface area contributed by atoms with Crippen LogP contribution in [0.4, 0.5) is 0 Å². The van der Waals surface area contributed by atoms with E-state index >= 15 is 0 Å². The van der Waals surface area contributed by atoms with Crippen molar-refractivity contribution in [3.8, 4) is 0 Å². The molecule has 1 amide bonds. The summed E-state index contributed by atoms with van der Waals surface area (Å²) in [5.41, 5.74) is 5.45. The smallest absolute Gasteiger partial charge is 0.234 e. The standard InChI is InChI=1S/C15H31N3O/c1-3-11-17-14(15(16)19)10-12-18(2)13-8-6-4-5-7-9-13/h13-14,17H,3-12H2,1-2H3,(H2,16,19). The summed E-state index contributed by atoms with van der Waals surface area (Å²) in [5.74, 6) is -0.220. The Hall–Kier alpha value is -0.610. The molecular formula is C15H31N3O. The lowest BCUT2D eigenvalue weighted by molar-refractivity contribution is -0.120. The highest BCUT2D eigenvalue weighted by Crippen LogP contribution is 2.21. The van der Waals surface area contributed by atoms with Gasteiger partial charge in [-0.25, -0.2) is 0 Å². The Labute approximate surface area is 118 Å². The summed E-state index contributed by atoms with van der Waals surface area (Å²) < 4.78 is 0. The minimum atomic E-state index is -0.220. The van der Waals surface area contributed by atoms with E-state index in [2.05, 4.69) is 24.2 Å².